The average molecular weight is 230 g/mol. The molecule has 0 aromatic heterocycles. The molecule has 1 aliphatic rings. The van der Waals surface area contributed by atoms with Crippen LogP contribution in [0, 0.1) is 17.8 Å². The fourth-order valence-electron chi connectivity index (χ4n) is 1.81. The Morgan fingerprint density at radius 3 is 2.25 bits per heavy atom. The van der Waals surface area contributed by atoms with Crippen LogP contribution < -0.4 is 0 Å². The fraction of sp³-hybridized carbons (Fsp3) is 0.923. The normalized spacial score (nSPS) is 30.2. The minimum Gasteiger partial charge on any atom is -0.469 e. The first-order valence-corrected chi connectivity index (χ1v) is 6.10. The number of carbonyl (C=O) groups excluding carboxylic acids is 1. The van der Waals surface area contributed by atoms with Crippen molar-refractivity contribution in [1.82, 2.24) is 0 Å². The molecule has 16 heavy (non-hydrogen) atoms. The highest BCUT2D eigenvalue weighted by Crippen LogP contribution is 2.31. The van der Waals surface area contributed by atoms with Gasteiger partial charge >= 0.3 is 5.97 Å². The van der Waals surface area contributed by atoms with Gasteiger partial charge in [0.1, 0.15) is 0 Å². The molecule has 0 bridgehead atoms. The van der Waals surface area contributed by atoms with E-state index < -0.39 is 0 Å². The Hall–Kier alpha value is -0.570. The standard InChI is InChI=1S/C10H20O.C3H6O2/c1-5-7(2)10-9(4)8(3)6-11-10;1-3(4)5-2/h7-10H,5-6H2,1-4H3;1-2H3. The van der Waals surface area contributed by atoms with E-state index in [2.05, 4.69) is 32.4 Å². The predicted molar refractivity (Wildman–Crippen MR) is 65.2 cm³/mol. The lowest BCUT2D eigenvalue weighted by Crippen LogP contribution is -2.23. The van der Waals surface area contributed by atoms with Gasteiger partial charge in [-0.2, -0.15) is 0 Å². The average Bonchev–Trinajstić information content (AvgIpc) is 2.59. The van der Waals surface area contributed by atoms with Crippen molar-refractivity contribution in [1.29, 1.82) is 0 Å². The van der Waals surface area contributed by atoms with Crippen molar-refractivity contribution in [2.75, 3.05) is 13.7 Å². The summed E-state index contributed by atoms with van der Waals surface area (Å²) in [5, 5.41) is 0. The maximum absolute atomic E-state index is 9.59. The third kappa shape index (κ3) is 4.97. The van der Waals surface area contributed by atoms with E-state index in [4.69, 9.17) is 4.74 Å². The molecule has 1 fully saturated rings. The molecule has 3 heteroatoms. The first-order valence-electron chi connectivity index (χ1n) is 6.10. The molecule has 1 saturated heterocycles. The van der Waals surface area contributed by atoms with E-state index in [9.17, 15) is 4.79 Å². The first-order chi connectivity index (χ1) is 7.43. The van der Waals surface area contributed by atoms with Crippen LogP contribution in [0.15, 0.2) is 0 Å². The number of rotatable bonds is 2. The molecule has 4 atom stereocenters. The molecule has 0 aromatic rings. The van der Waals surface area contributed by atoms with Gasteiger partial charge in [-0.3, -0.25) is 4.79 Å². The van der Waals surface area contributed by atoms with Crippen LogP contribution in [0.25, 0.3) is 0 Å². The highest BCUT2D eigenvalue weighted by atomic mass is 16.5. The summed E-state index contributed by atoms with van der Waals surface area (Å²) in [4.78, 5) is 9.59. The van der Waals surface area contributed by atoms with E-state index in [0.717, 1.165) is 24.4 Å². The Kier molecular flexibility index (Phi) is 7.39. The van der Waals surface area contributed by atoms with Gasteiger partial charge in [0.2, 0.25) is 0 Å². The lowest BCUT2D eigenvalue weighted by molar-refractivity contribution is -0.137. The molecular formula is C13H26O3. The van der Waals surface area contributed by atoms with Crippen LogP contribution in [-0.4, -0.2) is 25.8 Å². The molecule has 0 saturated carbocycles. The fourth-order valence-corrected chi connectivity index (χ4v) is 1.81. The number of esters is 1. The van der Waals surface area contributed by atoms with Gasteiger partial charge in [-0.15, -0.1) is 0 Å². The number of hydrogen-bond acceptors (Lipinski definition) is 3. The van der Waals surface area contributed by atoms with E-state index in [0.29, 0.717) is 6.10 Å². The van der Waals surface area contributed by atoms with E-state index in [-0.39, 0.29) is 5.97 Å². The van der Waals surface area contributed by atoms with Gasteiger partial charge in [0.25, 0.3) is 0 Å². The van der Waals surface area contributed by atoms with Crippen LogP contribution in [0.3, 0.4) is 0 Å². The zero-order valence-corrected chi connectivity index (χ0v) is 11.4. The number of carbonyl (C=O) groups is 1. The monoisotopic (exact) mass is 230 g/mol. The summed E-state index contributed by atoms with van der Waals surface area (Å²) in [6.07, 6.45) is 1.76. The second-order valence-corrected chi connectivity index (χ2v) is 4.72. The molecule has 1 aliphatic heterocycles. The number of ether oxygens (including phenoxy) is 2. The van der Waals surface area contributed by atoms with Crippen molar-refractivity contribution < 1.29 is 14.3 Å². The van der Waals surface area contributed by atoms with Gasteiger partial charge in [-0.25, -0.2) is 0 Å². The Labute approximate surface area is 99.5 Å². The van der Waals surface area contributed by atoms with Gasteiger partial charge in [0.15, 0.2) is 0 Å². The molecule has 0 aliphatic carbocycles. The summed E-state index contributed by atoms with van der Waals surface area (Å²) in [6.45, 7) is 11.5. The Balaban J connectivity index is 0.000000385. The van der Waals surface area contributed by atoms with E-state index in [1.165, 1.54) is 20.5 Å². The van der Waals surface area contributed by atoms with Crippen molar-refractivity contribution in [3.8, 4) is 0 Å². The Morgan fingerprint density at radius 2 is 2.00 bits per heavy atom. The number of hydrogen-bond donors (Lipinski definition) is 0. The Morgan fingerprint density at radius 1 is 1.50 bits per heavy atom. The third-order valence-electron chi connectivity index (χ3n) is 3.46. The highest BCUT2D eigenvalue weighted by molar-refractivity contribution is 5.65. The topological polar surface area (TPSA) is 35.5 Å². The van der Waals surface area contributed by atoms with Crippen LogP contribution >= 0.6 is 0 Å². The molecule has 1 rings (SSSR count). The van der Waals surface area contributed by atoms with Crippen LogP contribution in [0.5, 0.6) is 0 Å². The van der Waals surface area contributed by atoms with Crippen LogP contribution in [0.1, 0.15) is 41.0 Å². The quantitative estimate of drug-likeness (QED) is 0.684. The minimum atomic E-state index is -0.245. The molecule has 0 radical (unpaired) electrons. The molecule has 3 nitrogen and oxygen atoms in total. The van der Waals surface area contributed by atoms with Crippen molar-refractivity contribution in [2.45, 2.75) is 47.1 Å². The van der Waals surface area contributed by atoms with Crippen LogP contribution in [0.2, 0.25) is 0 Å². The van der Waals surface area contributed by atoms with Gasteiger partial charge in [-0.05, 0) is 17.8 Å². The van der Waals surface area contributed by atoms with E-state index >= 15 is 0 Å². The summed E-state index contributed by atoms with van der Waals surface area (Å²) in [6, 6.07) is 0. The first kappa shape index (κ1) is 15.4. The maximum Gasteiger partial charge on any atom is 0.302 e. The SMILES string of the molecule is CCC(C)C1OCC(C)C1C.COC(C)=O. The van der Waals surface area contributed by atoms with E-state index in [1.54, 1.807) is 0 Å². The highest BCUT2D eigenvalue weighted by Gasteiger charge is 2.33. The largest absolute Gasteiger partial charge is 0.469 e. The molecule has 0 amide bonds. The lowest BCUT2D eigenvalue weighted by atomic mass is 9.87. The molecule has 0 N–H and O–H groups in total. The third-order valence-corrected chi connectivity index (χ3v) is 3.46. The molecular weight excluding hydrogens is 204 g/mol. The summed E-state index contributed by atoms with van der Waals surface area (Å²) in [7, 11) is 1.35. The van der Waals surface area contributed by atoms with E-state index in [1.807, 2.05) is 0 Å². The lowest BCUT2D eigenvalue weighted by Gasteiger charge is -2.21. The molecule has 96 valence electrons. The molecule has 0 spiro atoms. The van der Waals surface area contributed by atoms with Crippen molar-refractivity contribution in [3.63, 3.8) is 0 Å². The second-order valence-electron chi connectivity index (χ2n) is 4.72. The zero-order valence-electron chi connectivity index (χ0n) is 11.4. The zero-order chi connectivity index (χ0) is 12.7. The van der Waals surface area contributed by atoms with Crippen molar-refractivity contribution in [3.05, 3.63) is 0 Å². The Bertz CT molecular complexity index is 203. The summed E-state index contributed by atoms with van der Waals surface area (Å²) >= 11 is 0. The summed E-state index contributed by atoms with van der Waals surface area (Å²) in [5.41, 5.74) is 0. The van der Waals surface area contributed by atoms with Gasteiger partial charge in [-0.1, -0.05) is 34.1 Å². The smallest absolute Gasteiger partial charge is 0.302 e. The van der Waals surface area contributed by atoms with Crippen LogP contribution in [-0.2, 0) is 14.3 Å². The van der Waals surface area contributed by atoms with Crippen LogP contribution in [0.4, 0.5) is 0 Å². The molecule has 0 aromatic carbocycles. The second kappa shape index (κ2) is 7.66. The summed E-state index contributed by atoms with van der Waals surface area (Å²) in [5.74, 6) is 2.00. The number of methoxy groups -OCH3 is 1. The van der Waals surface area contributed by atoms with Gasteiger partial charge in [0.05, 0.1) is 13.2 Å². The van der Waals surface area contributed by atoms with Crippen molar-refractivity contribution in [2.24, 2.45) is 17.8 Å². The predicted octanol–water partition coefficient (Wildman–Crippen LogP) is 2.88. The maximum atomic E-state index is 9.59. The molecule has 4 unspecified atom stereocenters. The van der Waals surface area contributed by atoms with Crippen molar-refractivity contribution >= 4 is 5.97 Å². The van der Waals surface area contributed by atoms with Gasteiger partial charge in [0, 0.05) is 13.5 Å². The minimum absolute atomic E-state index is 0.245. The molecule has 1 heterocycles. The summed E-state index contributed by atoms with van der Waals surface area (Å²) < 4.78 is 9.84. The van der Waals surface area contributed by atoms with Gasteiger partial charge < -0.3 is 9.47 Å².